The summed E-state index contributed by atoms with van der Waals surface area (Å²) in [5.41, 5.74) is 8.72. The summed E-state index contributed by atoms with van der Waals surface area (Å²) < 4.78 is 0. The van der Waals surface area contributed by atoms with Crippen molar-refractivity contribution in [1.82, 2.24) is 10.9 Å². The predicted molar refractivity (Wildman–Crippen MR) is 129 cm³/mol. The topological polar surface area (TPSA) is 82.9 Å². The molecule has 162 valence electrons. The summed E-state index contributed by atoms with van der Waals surface area (Å²) in [4.78, 5) is 24.7. The van der Waals surface area contributed by atoms with E-state index in [1.54, 1.807) is 62.4 Å². The summed E-state index contributed by atoms with van der Waals surface area (Å²) in [6.45, 7) is 3.56. The maximum Gasteiger partial charge on any atom is 0.271 e. The van der Waals surface area contributed by atoms with Crippen LogP contribution in [-0.2, 0) is 0 Å². The number of hydrogen-bond donors (Lipinski definition) is 2. The molecule has 3 aromatic rings. The van der Waals surface area contributed by atoms with Crippen LogP contribution in [0.3, 0.4) is 0 Å². The highest BCUT2D eigenvalue weighted by Crippen LogP contribution is 2.11. The largest absolute Gasteiger partial charge is 0.271 e. The van der Waals surface area contributed by atoms with Crippen molar-refractivity contribution in [2.45, 2.75) is 13.8 Å². The number of carbonyl (C=O) groups is 2. The molecular formula is C24H20Cl2N4O2. The van der Waals surface area contributed by atoms with Gasteiger partial charge in [-0.3, -0.25) is 9.59 Å². The van der Waals surface area contributed by atoms with Crippen LogP contribution >= 0.6 is 23.2 Å². The lowest BCUT2D eigenvalue weighted by Crippen LogP contribution is -2.21. The van der Waals surface area contributed by atoms with E-state index in [0.717, 1.165) is 11.1 Å². The molecule has 0 unspecified atom stereocenters. The van der Waals surface area contributed by atoms with E-state index in [4.69, 9.17) is 23.2 Å². The summed E-state index contributed by atoms with van der Waals surface area (Å²) in [7, 11) is 0. The standard InChI is InChI=1S/C24H20Cl2N4O2/c1-15(17-7-11-21(25)12-8-17)27-29-23(31)19-3-5-20(6-4-19)24(32)30-28-16(2)18-9-13-22(26)14-10-18/h3-14H,1-2H3,(H,29,31)(H,30,32)/b27-15+,28-16+. The van der Waals surface area contributed by atoms with Gasteiger partial charge in [-0.2, -0.15) is 10.2 Å². The van der Waals surface area contributed by atoms with Crippen molar-refractivity contribution in [1.29, 1.82) is 0 Å². The van der Waals surface area contributed by atoms with Crippen LogP contribution in [0, 0.1) is 0 Å². The van der Waals surface area contributed by atoms with Crippen LogP contribution in [0.2, 0.25) is 10.0 Å². The Balaban J connectivity index is 1.59. The molecule has 0 saturated heterocycles. The number of nitrogens with one attached hydrogen (secondary N) is 2. The van der Waals surface area contributed by atoms with Crippen LogP contribution in [0.15, 0.2) is 83.0 Å². The number of benzene rings is 3. The van der Waals surface area contributed by atoms with Crippen LogP contribution in [0.4, 0.5) is 0 Å². The molecule has 0 fully saturated rings. The summed E-state index contributed by atoms with van der Waals surface area (Å²) in [5, 5.41) is 9.47. The Morgan fingerprint density at radius 1 is 0.562 bits per heavy atom. The van der Waals surface area contributed by atoms with Crippen LogP contribution < -0.4 is 10.9 Å². The molecule has 3 rings (SSSR count). The molecule has 0 bridgehead atoms. The van der Waals surface area contributed by atoms with E-state index in [2.05, 4.69) is 21.1 Å². The number of hydrogen-bond acceptors (Lipinski definition) is 4. The van der Waals surface area contributed by atoms with Crippen molar-refractivity contribution < 1.29 is 9.59 Å². The lowest BCUT2D eigenvalue weighted by atomic mass is 10.1. The predicted octanol–water partition coefficient (Wildman–Crippen LogP) is 5.30. The van der Waals surface area contributed by atoms with Crippen molar-refractivity contribution in [2.24, 2.45) is 10.2 Å². The first kappa shape index (κ1) is 23.2. The minimum atomic E-state index is -0.387. The molecule has 6 nitrogen and oxygen atoms in total. The Morgan fingerprint density at radius 2 is 0.844 bits per heavy atom. The molecule has 2 amide bonds. The molecule has 3 aromatic carbocycles. The molecule has 0 atom stereocenters. The van der Waals surface area contributed by atoms with Crippen LogP contribution in [-0.4, -0.2) is 23.2 Å². The molecule has 8 heteroatoms. The van der Waals surface area contributed by atoms with Gasteiger partial charge >= 0.3 is 0 Å². The molecule has 0 aliphatic carbocycles. The average Bonchev–Trinajstić information content (AvgIpc) is 2.81. The third-order valence-corrected chi connectivity index (χ3v) is 5.09. The lowest BCUT2D eigenvalue weighted by Gasteiger charge is -2.05. The van der Waals surface area contributed by atoms with E-state index in [1.165, 1.54) is 0 Å². The Kier molecular flexibility index (Phi) is 7.76. The normalized spacial score (nSPS) is 11.8. The van der Waals surface area contributed by atoms with Gasteiger partial charge in [0.05, 0.1) is 11.4 Å². The van der Waals surface area contributed by atoms with E-state index in [0.29, 0.717) is 32.6 Å². The highest BCUT2D eigenvalue weighted by atomic mass is 35.5. The van der Waals surface area contributed by atoms with Crippen molar-refractivity contribution in [3.05, 3.63) is 105 Å². The third kappa shape index (κ3) is 6.26. The quantitative estimate of drug-likeness (QED) is 0.381. The first-order chi connectivity index (χ1) is 15.3. The minimum absolute atomic E-state index is 0.370. The second kappa shape index (κ2) is 10.7. The fraction of sp³-hybridized carbons (Fsp3) is 0.0833. The van der Waals surface area contributed by atoms with Crippen LogP contribution in [0.1, 0.15) is 45.7 Å². The molecule has 0 radical (unpaired) electrons. The molecule has 2 N–H and O–H groups in total. The molecule has 0 aliphatic heterocycles. The highest BCUT2D eigenvalue weighted by molar-refractivity contribution is 6.31. The van der Waals surface area contributed by atoms with Crippen molar-refractivity contribution in [3.8, 4) is 0 Å². The van der Waals surface area contributed by atoms with Crippen LogP contribution in [0.25, 0.3) is 0 Å². The first-order valence-corrected chi connectivity index (χ1v) is 10.4. The van der Waals surface area contributed by atoms with Crippen molar-refractivity contribution >= 4 is 46.4 Å². The van der Waals surface area contributed by atoms with Gasteiger partial charge in [-0.05, 0) is 73.5 Å². The van der Waals surface area contributed by atoms with Gasteiger partial charge in [0.15, 0.2) is 0 Å². The fourth-order valence-electron chi connectivity index (χ4n) is 2.68. The molecule has 0 aliphatic rings. The maximum atomic E-state index is 12.3. The number of halogens is 2. The van der Waals surface area contributed by atoms with E-state index in [9.17, 15) is 9.59 Å². The number of amides is 2. The lowest BCUT2D eigenvalue weighted by molar-refractivity contribution is 0.0943. The number of hydrazone groups is 2. The Bertz CT molecular complexity index is 1080. The molecule has 0 aromatic heterocycles. The maximum absolute atomic E-state index is 12.3. The monoisotopic (exact) mass is 466 g/mol. The Morgan fingerprint density at radius 3 is 1.16 bits per heavy atom. The fourth-order valence-corrected chi connectivity index (χ4v) is 2.93. The van der Waals surface area contributed by atoms with Gasteiger partial charge in [-0.1, -0.05) is 47.5 Å². The molecular weight excluding hydrogens is 447 g/mol. The van der Waals surface area contributed by atoms with Gasteiger partial charge in [-0.15, -0.1) is 0 Å². The molecule has 32 heavy (non-hydrogen) atoms. The molecule has 0 saturated carbocycles. The second-order valence-electron chi connectivity index (χ2n) is 6.87. The number of nitrogens with zero attached hydrogens (tertiary/aromatic N) is 2. The van der Waals surface area contributed by atoms with Gasteiger partial charge in [-0.25, -0.2) is 10.9 Å². The second-order valence-corrected chi connectivity index (χ2v) is 7.74. The minimum Gasteiger partial charge on any atom is -0.267 e. The van der Waals surface area contributed by atoms with Crippen LogP contribution in [0.5, 0.6) is 0 Å². The van der Waals surface area contributed by atoms with Gasteiger partial charge in [0, 0.05) is 21.2 Å². The van der Waals surface area contributed by atoms with E-state index in [-0.39, 0.29) is 11.8 Å². The summed E-state index contributed by atoms with van der Waals surface area (Å²) >= 11 is 11.8. The highest BCUT2D eigenvalue weighted by Gasteiger charge is 2.09. The van der Waals surface area contributed by atoms with E-state index >= 15 is 0 Å². The number of carbonyl (C=O) groups excluding carboxylic acids is 2. The first-order valence-electron chi connectivity index (χ1n) is 9.64. The zero-order chi connectivity index (χ0) is 23.1. The van der Waals surface area contributed by atoms with Crippen molar-refractivity contribution in [2.75, 3.05) is 0 Å². The van der Waals surface area contributed by atoms with Gasteiger partial charge in [0.25, 0.3) is 11.8 Å². The number of rotatable bonds is 6. The van der Waals surface area contributed by atoms with Gasteiger partial charge < -0.3 is 0 Å². The summed E-state index contributed by atoms with van der Waals surface area (Å²) in [5.74, 6) is -0.774. The van der Waals surface area contributed by atoms with E-state index in [1.807, 2.05) is 24.3 Å². The van der Waals surface area contributed by atoms with Gasteiger partial charge in [0.1, 0.15) is 0 Å². The summed E-state index contributed by atoms with van der Waals surface area (Å²) in [6.07, 6.45) is 0. The van der Waals surface area contributed by atoms with Gasteiger partial charge in [0.2, 0.25) is 0 Å². The molecule has 0 spiro atoms. The Hall–Kier alpha value is -3.48. The smallest absolute Gasteiger partial charge is 0.267 e. The average molecular weight is 467 g/mol. The Labute approximate surface area is 195 Å². The zero-order valence-electron chi connectivity index (χ0n) is 17.4. The van der Waals surface area contributed by atoms with Crippen molar-refractivity contribution in [3.63, 3.8) is 0 Å². The van der Waals surface area contributed by atoms with E-state index < -0.39 is 0 Å². The summed E-state index contributed by atoms with van der Waals surface area (Å²) in [6, 6.07) is 20.5. The third-order valence-electron chi connectivity index (χ3n) is 4.58. The SMILES string of the molecule is C/C(=N\NC(=O)c1ccc(C(=O)N/N=C(\C)c2ccc(Cl)cc2)cc1)c1ccc(Cl)cc1. The molecule has 0 heterocycles. The zero-order valence-corrected chi connectivity index (χ0v) is 18.9.